The van der Waals surface area contributed by atoms with E-state index in [1.165, 1.54) is 35.2 Å². The number of rotatable bonds is 3. The van der Waals surface area contributed by atoms with Crippen LogP contribution in [0, 0.1) is 0 Å². The Morgan fingerprint density at radius 1 is 1.10 bits per heavy atom. The maximum absolute atomic E-state index is 13.0. The summed E-state index contributed by atoms with van der Waals surface area (Å²) >= 11 is 0. The summed E-state index contributed by atoms with van der Waals surface area (Å²) in [5, 5.41) is 12.7. The number of carbonyl (C=O) groups excluding carboxylic acids is 1. The molecule has 0 unspecified atom stereocenters. The summed E-state index contributed by atoms with van der Waals surface area (Å²) in [6.45, 7) is 0. The van der Waals surface area contributed by atoms with E-state index >= 15 is 0 Å². The number of nitrogens with zero attached hydrogens (tertiary/aromatic N) is 1. The van der Waals surface area contributed by atoms with Crippen LogP contribution in [0.15, 0.2) is 48.8 Å². The first-order chi connectivity index (χ1) is 13.6. The van der Waals surface area contributed by atoms with Crippen molar-refractivity contribution in [1.82, 2.24) is 9.55 Å². The molecule has 4 aromatic rings. The molecule has 2 aromatic heterocycles. The van der Waals surface area contributed by atoms with Gasteiger partial charge in [-0.2, -0.15) is 13.2 Å². The van der Waals surface area contributed by atoms with Crippen LogP contribution in [0.25, 0.3) is 21.8 Å². The number of aromatic carboxylic acids is 1. The number of nitrogens with one attached hydrogen (secondary N) is 2. The number of aromatic amines is 1. The lowest BCUT2D eigenvalue weighted by atomic mass is 10.1. The van der Waals surface area contributed by atoms with E-state index in [1.54, 1.807) is 13.1 Å². The molecule has 2 aromatic carbocycles. The molecule has 1 amide bonds. The number of anilines is 1. The molecule has 6 nitrogen and oxygen atoms in total. The van der Waals surface area contributed by atoms with Crippen LogP contribution in [-0.2, 0) is 13.2 Å². The number of H-pyrrole nitrogens is 1. The number of hydrogen-bond donors (Lipinski definition) is 3. The zero-order chi connectivity index (χ0) is 20.9. The van der Waals surface area contributed by atoms with E-state index in [2.05, 4.69) is 10.3 Å². The first-order valence-corrected chi connectivity index (χ1v) is 8.47. The van der Waals surface area contributed by atoms with Crippen molar-refractivity contribution in [2.45, 2.75) is 6.18 Å². The molecule has 4 rings (SSSR count). The fourth-order valence-electron chi connectivity index (χ4n) is 3.29. The molecule has 0 aliphatic rings. The Morgan fingerprint density at radius 3 is 2.55 bits per heavy atom. The van der Waals surface area contributed by atoms with Crippen LogP contribution in [0.3, 0.4) is 0 Å². The van der Waals surface area contributed by atoms with Crippen LogP contribution in [0.2, 0.25) is 0 Å². The zero-order valence-electron chi connectivity index (χ0n) is 15.0. The molecule has 0 saturated carbocycles. The molecular weight excluding hydrogens is 387 g/mol. The van der Waals surface area contributed by atoms with Crippen LogP contribution >= 0.6 is 0 Å². The van der Waals surface area contributed by atoms with Gasteiger partial charge in [-0.15, -0.1) is 0 Å². The predicted molar refractivity (Wildman–Crippen MR) is 101 cm³/mol. The van der Waals surface area contributed by atoms with Crippen LogP contribution < -0.4 is 5.32 Å². The van der Waals surface area contributed by atoms with Crippen LogP contribution in [0.5, 0.6) is 0 Å². The number of alkyl halides is 3. The van der Waals surface area contributed by atoms with Crippen molar-refractivity contribution in [1.29, 1.82) is 0 Å². The maximum Gasteiger partial charge on any atom is 0.416 e. The van der Waals surface area contributed by atoms with Gasteiger partial charge in [0.2, 0.25) is 0 Å². The number of benzene rings is 2. The fraction of sp³-hybridized carbons (Fsp3) is 0.100. The smallest absolute Gasteiger partial charge is 0.416 e. The van der Waals surface area contributed by atoms with Gasteiger partial charge >= 0.3 is 12.1 Å². The van der Waals surface area contributed by atoms with Gasteiger partial charge in [0.05, 0.1) is 22.4 Å². The van der Waals surface area contributed by atoms with Gasteiger partial charge < -0.3 is 20.0 Å². The second-order valence-electron chi connectivity index (χ2n) is 6.61. The number of hydrogen-bond acceptors (Lipinski definition) is 2. The van der Waals surface area contributed by atoms with Crippen molar-refractivity contribution < 1.29 is 27.9 Å². The Hall–Kier alpha value is -3.75. The van der Waals surface area contributed by atoms with Gasteiger partial charge in [-0.1, -0.05) is 6.07 Å². The lowest BCUT2D eigenvalue weighted by Gasteiger charge is -2.07. The van der Waals surface area contributed by atoms with Gasteiger partial charge in [-0.3, -0.25) is 4.79 Å². The second-order valence-corrected chi connectivity index (χ2v) is 6.61. The lowest BCUT2D eigenvalue weighted by molar-refractivity contribution is -0.137. The summed E-state index contributed by atoms with van der Waals surface area (Å²) in [4.78, 5) is 26.9. The van der Waals surface area contributed by atoms with Gasteiger partial charge in [0.1, 0.15) is 0 Å². The van der Waals surface area contributed by atoms with Crippen LogP contribution in [0.4, 0.5) is 18.9 Å². The first-order valence-electron chi connectivity index (χ1n) is 8.47. The van der Waals surface area contributed by atoms with Crippen molar-refractivity contribution in [3.63, 3.8) is 0 Å². The normalized spacial score (nSPS) is 11.9. The summed E-state index contributed by atoms with van der Waals surface area (Å²) in [7, 11) is 1.56. The number of aromatic nitrogens is 2. The van der Waals surface area contributed by atoms with E-state index in [-0.39, 0.29) is 16.6 Å². The second kappa shape index (κ2) is 6.40. The monoisotopic (exact) mass is 401 g/mol. The summed E-state index contributed by atoms with van der Waals surface area (Å²) in [6.07, 6.45) is -1.49. The molecule has 3 N–H and O–H groups in total. The van der Waals surface area contributed by atoms with Crippen LogP contribution in [0.1, 0.15) is 26.3 Å². The molecule has 0 spiro atoms. The fourth-order valence-corrected chi connectivity index (χ4v) is 3.29. The van der Waals surface area contributed by atoms with Crippen molar-refractivity contribution >= 4 is 39.4 Å². The molecule has 0 aliphatic heterocycles. The average Bonchev–Trinajstić information content (AvgIpc) is 3.21. The maximum atomic E-state index is 13.0. The zero-order valence-corrected chi connectivity index (χ0v) is 15.0. The number of carbonyl (C=O) groups is 2. The van der Waals surface area contributed by atoms with Gasteiger partial charge in [-0.25, -0.2) is 4.79 Å². The summed E-state index contributed by atoms with van der Waals surface area (Å²) < 4.78 is 40.4. The largest absolute Gasteiger partial charge is 0.478 e. The topological polar surface area (TPSA) is 87.1 Å². The molecule has 0 fully saturated rings. The van der Waals surface area contributed by atoms with Gasteiger partial charge in [0.25, 0.3) is 5.91 Å². The standard InChI is InChI=1S/C20H14F3N3O3/c1-26-9-14(12-4-3-11(7-17(12)26)20(21,22)23)18(27)25-16-8-24-15-5-2-10(19(28)29)6-13(15)16/h2-9,24H,1H3,(H,25,27)(H,28,29). The van der Waals surface area contributed by atoms with Gasteiger partial charge in [0.15, 0.2) is 0 Å². The molecular formula is C20H14F3N3O3. The number of fused-ring (bicyclic) bond motifs is 2. The first kappa shape index (κ1) is 18.6. The van der Waals surface area contributed by atoms with Crippen molar-refractivity contribution in [2.75, 3.05) is 5.32 Å². The highest BCUT2D eigenvalue weighted by atomic mass is 19.4. The van der Waals surface area contributed by atoms with E-state index in [0.29, 0.717) is 22.0 Å². The Labute approximate surface area is 161 Å². The highest BCUT2D eigenvalue weighted by molar-refractivity contribution is 6.15. The predicted octanol–water partition coefficient (Wildman–Crippen LogP) is 4.63. The number of halogens is 3. The Bertz CT molecular complexity index is 1280. The summed E-state index contributed by atoms with van der Waals surface area (Å²) in [5.41, 5.74) is 0.764. The lowest BCUT2D eigenvalue weighted by Crippen LogP contribution is -2.11. The third kappa shape index (κ3) is 3.20. The van der Waals surface area contributed by atoms with E-state index in [0.717, 1.165) is 12.1 Å². The third-order valence-electron chi connectivity index (χ3n) is 4.74. The van der Waals surface area contributed by atoms with Crippen molar-refractivity contribution in [3.05, 3.63) is 65.5 Å². The summed E-state index contributed by atoms with van der Waals surface area (Å²) in [6, 6.07) is 7.66. The molecule has 9 heteroatoms. The number of carboxylic acids is 1. The van der Waals surface area contributed by atoms with Crippen LogP contribution in [-0.4, -0.2) is 26.5 Å². The molecule has 2 heterocycles. The van der Waals surface area contributed by atoms with Gasteiger partial charge in [0, 0.05) is 41.2 Å². The minimum Gasteiger partial charge on any atom is -0.478 e. The molecule has 0 bridgehead atoms. The molecule has 29 heavy (non-hydrogen) atoms. The number of aryl methyl sites for hydroxylation is 1. The molecule has 0 atom stereocenters. The van der Waals surface area contributed by atoms with Crippen molar-refractivity contribution in [3.8, 4) is 0 Å². The molecule has 148 valence electrons. The molecule has 0 aliphatic carbocycles. The minimum absolute atomic E-state index is 0.0671. The highest BCUT2D eigenvalue weighted by Gasteiger charge is 2.31. The third-order valence-corrected chi connectivity index (χ3v) is 4.74. The number of carboxylic acid groups (broad SMARTS) is 1. The van der Waals surface area contributed by atoms with Gasteiger partial charge in [-0.05, 0) is 30.3 Å². The Balaban J connectivity index is 1.72. The molecule has 0 saturated heterocycles. The van der Waals surface area contributed by atoms with Crippen molar-refractivity contribution in [2.24, 2.45) is 7.05 Å². The Morgan fingerprint density at radius 2 is 1.86 bits per heavy atom. The van der Waals surface area contributed by atoms with E-state index in [1.807, 2.05) is 0 Å². The SMILES string of the molecule is Cn1cc(C(=O)Nc2c[nH]c3ccc(C(=O)O)cc23)c2ccc(C(F)(F)F)cc21. The van der Waals surface area contributed by atoms with E-state index in [4.69, 9.17) is 5.11 Å². The summed E-state index contributed by atoms with van der Waals surface area (Å²) in [5.74, 6) is -1.61. The molecule has 0 radical (unpaired) electrons. The van der Waals surface area contributed by atoms with E-state index in [9.17, 15) is 22.8 Å². The van der Waals surface area contributed by atoms with E-state index < -0.39 is 23.6 Å². The Kier molecular flexibility index (Phi) is 4.11. The number of amides is 1. The highest BCUT2D eigenvalue weighted by Crippen LogP contribution is 2.33. The minimum atomic E-state index is -4.48. The quantitative estimate of drug-likeness (QED) is 0.468. The average molecular weight is 401 g/mol.